The summed E-state index contributed by atoms with van der Waals surface area (Å²) in [5, 5.41) is 11.9. The number of fused-ring (bicyclic) bond motifs is 1. The van der Waals surface area contributed by atoms with Crippen molar-refractivity contribution in [2.45, 2.75) is 32.1 Å². The second kappa shape index (κ2) is 11.8. The van der Waals surface area contributed by atoms with Crippen molar-refractivity contribution < 1.29 is 24.3 Å². The van der Waals surface area contributed by atoms with Gasteiger partial charge in [-0.1, -0.05) is 24.2 Å². The first-order chi connectivity index (χ1) is 15.5. The molecule has 1 fully saturated rings. The van der Waals surface area contributed by atoms with Crippen LogP contribution in [0.5, 0.6) is 5.75 Å². The lowest BCUT2D eigenvalue weighted by atomic mass is 10.1. The van der Waals surface area contributed by atoms with Gasteiger partial charge < -0.3 is 19.3 Å². The Kier molecular flexibility index (Phi) is 8.89. The largest absolute Gasteiger partial charge is 0.494 e. The van der Waals surface area contributed by atoms with Gasteiger partial charge >= 0.3 is 6.03 Å². The van der Waals surface area contributed by atoms with E-state index in [1.807, 2.05) is 12.1 Å². The summed E-state index contributed by atoms with van der Waals surface area (Å²) in [6.07, 6.45) is 3.61. The number of carbonyl (C=O) groups excluding carboxylic acids is 2. The number of carbonyl (C=O) groups is 2. The smallest absolute Gasteiger partial charge is 0.323 e. The van der Waals surface area contributed by atoms with E-state index in [-0.39, 0.29) is 11.9 Å². The zero-order chi connectivity index (χ0) is 22.9. The van der Waals surface area contributed by atoms with E-state index >= 15 is 0 Å². The molecular weight excluding hydrogens is 434 g/mol. The summed E-state index contributed by atoms with van der Waals surface area (Å²) in [4.78, 5) is 32.1. The molecule has 0 atom stereocenters. The van der Waals surface area contributed by atoms with E-state index in [2.05, 4.69) is 15.2 Å². The zero-order valence-electron chi connectivity index (χ0n) is 18.6. The van der Waals surface area contributed by atoms with Crippen LogP contribution in [0.1, 0.15) is 32.1 Å². The number of hydrogen-bond donors (Lipinski definition) is 3. The van der Waals surface area contributed by atoms with Crippen LogP contribution >= 0.6 is 11.3 Å². The summed E-state index contributed by atoms with van der Waals surface area (Å²) in [5.41, 5.74) is 3.45. The van der Waals surface area contributed by atoms with Crippen molar-refractivity contribution in [2.24, 2.45) is 0 Å². The van der Waals surface area contributed by atoms with Gasteiger partial charge in [0.25, 0.3) is 0 Å². The van der Waals surface area contributed by atoms with Crippen LogP contribution in [-0.2, 0) is 9.53 Å². The Morgan fingerprint density at radius 3 is 2.72 bits per heavy atom. The molecule has 1 aliphatic heterocycles. The topological polar surface area (TPSA) is 116 Å². The summed E-state index contributed by atoms with van der Waals surface area (Å²) >= 11 is 1.44. The number of nitrogens with one attached hydrogen (secondary N) is 2. The summed E-state index contributed by atoms with van der Waals surface area (Å²) in [6.45, 7) is 3.61. The van der Waals surface area contributed by atoms with Gasteiger partial charge in [0.1, 0.15) is 11.3 Å². The number of ether oxygens (including phenoxy) is 2. The molecule has 1 aromatic heterocycles. The number of rotatable bonds is 10. The highest BCUT2D eigenvalue weighted by Gasteiger charge is 2.20. The van der Waals surface area contributed by atoms with Crippen LogP contribution in [0.15, 0.2) is 12.1 Å². The Balaban J connectivity index is 1.57. The highest BCUT2D eigenvalue weighted by atomic mass is 32.1. The molecule has 3 N–H and O–H groups in total. The van der Waals surface area contributed by atoms with Crippen LogP contribution in [0.3, 0.4) is 0 Å². The fourth-order valence-corrected chi connectivity index (χ4v) is 4.59. The van der Waals surface area contributed by atoms with Crippen molar-refractivity contribution in [3.05, 3.63) is 12.1 Å². The first kappa shape index (κ1) is 24.0. The van der Waals surface area contributed by atoms with Gasteiger partial charge in [-0.2, -0.15) is 0 Å². The van der Waals surface area contributed by atoms with Crippen molar-refractivity contribution in [1.29, 1.82) is 0 Å². The molecule has 0 radical (unpaired) electrons. The quantitative estimate of drug-likeness (QED) is 0.280. The van der Waals surface area contributed by atoms with Crippen LogP contribution < -0.4 is 20.4 Å². The highest BCUT2D eigenvalue weighted by molar-refractivity contribution is 7.23. The number of amides is 3. The molecule has 2 heterocycles. The van der Waals surface area contributed by atoms with Gasteiger partial charge in [-0.05, 0) is 25.0 Å². The molecule has 1 saturated heterocycles. The molecule has 3 rings (SSSR count). The average molecular weight is 466 g/mol. The molecule has 11 heteroatoms. The third kappa shape index (κ3) is 6.21. The molecule has 176 valence electrons. The minimum absolute atomic E-state index is 0.212. The molecule has 1 aliphatic rings. The number of urea groups is 1. The molecule has 0 bridgehead atoms. The summed E-state index contributed by atoms with van der Waals surface area (Å²) in [6, 6.07) is 3.73. The van der Waals surface area contributed by atoms with E-state index in [1.54, 1.807) is 24.5 Å². The molecule has 32 heavy (non-hydrogen) atoms. The number of benzene rings is 1. The third-order valence-corrected chi connectivity index (χ3v) is 6.38. The Labute approximate surface area is 191 Å². The van der Waals surface area contributed by atoms with Gasteiger partial charge in [0.15, 0.2) is 5.13 Å². The number of nitrogens with zero attached hydrogens (tertiary/aromatic N) is 3. The Bertz CT molecular complexity index is 915. The van der Waals surface area contributed by atoms with Crippen molar-refractivity contribution in [3.8, 4) is 5.75 Å². The van der Waals surface area contributed by atoms with Crippen molar-refractivity contribution in [2.75, 3.05) is 57.2 Å². The number of anilines is 2. The van der Waals surface area contributed by atoms with Crippen molar-refractivity contribution in [3.63, 3.8) is 0 Å². The lowest BCUT2D eigenvalue weighted by molar-refractivity contribution is -0.129. The lowest BCUT2D eigenvalue weighted by Crippen LogP contribution is -2.36. The van der Waals surface area contributed by atoms with Crippen LogP contribution in [0.4, 0.5) is 15.6 Å². The number of thiazole rings is 1. The summed E-state index contributed by atoms with van der Waals surface area (Å²) < 4.78 is 11.9. The fraction of sp³-hybridized carbons (Fsp3) is 0.571. The summed E-state index contributed by atoms with van der Waals surface area (Å²) in [5.74, 6) is 0.308. The number of hydrogen-bond acceptors (Lipinski definition) is 8. The maximum Gasteiger partial charge on any atom is 0.323 e. The molecule has 0 spiro atoms. The number of hydroxylamine groups is 1. The van der Waals surface area contributed by atoms with Gasteiger partial charge in [-0.15, -0.1) is 0 Å². The minimum atomic E-state index is -0.370. The van der Waals surface area contributed by atoms with Crippen molar-refractivity contribution in [1.82, 2.24) is 15.4 Å². The Morgan fingerprint density at radius 2 is 2.00 bits per heavy atom. The minimum Gasteiger partial charge on any atom is -0.494 e. The molecule has 2 aromatic rings. The van der Waals surface area contributed by atoms with E-state index < -0.39 is 0 Å². The monoisotopic (exact) mass is 465 g/mol. The Morgan fingerprint density at radius 1 is 1.25 bits per heavy atom. The number of morpholine rings is 1. The first-order valence-corrected chi connectivity index (χ1v) is 11.6. The van der Waals surface area contributed by atoms with Crippen LogP contribution in [0.25, 0.3) is 10.2 Å². The van der Waals surface area contributed by atoms with Gasteiger partial charge in [-0.3, -0.25) is 15.3 Å². The molecule has 10 nitrogen and oxygen atoms in total. The lowest BCUT2D eigenvalue weighted by Gasteiger charge is -2.29. The molecule has 3 amide bonds. The zero-order valence-corrected chi connectivity index (χ0v) is 19.4. The van der Waals surface area contributed by atoms with Gasteiger partial charge in [0.05, 0.1) is 30.7 Å². The maximum absolute atomic E-state index is 12.6. The molecule has 0 unspecified atom stereocenters. The average Bonchev–Trinajstić information content (AvgIpc) is 3.24. The second-order valence-corrected chi connectivity index (χ2v) is 8.63. The molecular formula is C21H31N5O5S. The number of methoxy groups -OCH3 is 1. The maximum atomic E-state index is 12.6. The van der Waals surface area contributed by atoms with Crippen molar-refractivity contribution >= 4 is 44.3 Å². The van der Waals surface area contributed by atoms with E-state index in [1.165, 1.54) is 11.3 Å². The highest BCUT2D eigenvalue weighted by Crippen LogP contribution is 2.39. The standard InChI is InChI=1S/C21H31N5O5S/c1-25(10-6-4-3-5-7-17(27)24-29)21(28)23-20-22-18-16(30-2)9-8-15(19(18)32-20)26-11-13-31-14-12-26/h8-9,29H,3-7,10-14H2,1-2H3,(H,24,27)(H,22,23,28). The SMILES string of the molecule is COc1ccc(N2CCOCC2)c2sc(NC(=O)N(C)CCCCCCC(=O)NO)nc12. The second-order valence-electron chi connectivity index (χ2n) is 7.63. The van der Waals surface area contributed by atoms with Gasteiger partial charge in [-0.25, -0.2) is 15.3 Å². The fourth-order valence-electron chi connectivity index (χ4n) is 3.57. The van der Waals surface area contributed by atoms with E-state index in [0.717, 1.165) is 48.3 Å². The molecule has 1 aromatic carbocycles. The molecule has 0 saturated carbocycles. The predicted octanol–water partition coefficient (Wildman–Crippen LogP) is 3.06. The Hall–Kier alpha value is -2.63. The van der Waals surface area contributed by atoms with E-state index in [4.69, 9.17) is 14.7 Å². The van der Waals surface area contributed by atoms with E-state index in [0.29, 0.717) is 43.5 Å². The van der Waals surface area contributed by atoms with Crippen LogP contribution in [0, 0.1) is 0 Å². The van der Waals surface area contributed by atoms with Gasteiger partial charge in [0.2, 0.25) is 5.91 Å². The summed E-state index contributed by atoms with van der Waals surface area (Å²) in [7, 11) is 3.37. The molecule has 0 aliphatic carbocycles. The first-order valence-electron chi connectivity index (χ1n) is 10.8. The predicted molar refractivity (Wildman–Crippen MR) is 124 cm³/mol. The number of aromatic nitrogens is 1. The normalized spacial score (nSPS) is 13.8. The van der Waals surface area contributed by atoms with Gasteiger partial charge in [0, 0.05) is 33.1 Å². The third-order valence-electron chi connectivity index (χ3n) is 5.39. The number of unbranched alkanes of at least 4 members (excludes halogenated alkanes) is 3. The van der Waals surface area contributed by atoms with E-state index in [9.17, 15) is 9.59 Å². The van der Waals surface area contributed by atoms with Crippen LogP contribution in [-0.4, -0.2) is 74.0 Å². The van der Waals surface area contributed by atoms with Crippen LogP contribution in [0.2, 0.25) is 0 Å².